The van der Waals surface area contributed by atoms with Crippen molar-refractivity contribution in [1.29, 1.82) is 0 Å². The number of ether oxygens (including phenoxy) is 2. The number of carbonyl (C=O) groups is 1. The predicted molar refractivity (Wildman–Crippen MR) is 88.9 cm³/mol. The molecule has 0 atom stereocenters. The summed E-state index contributed by atoms with van der Waals surface area (Å²) in [6, 6.07) is 14.2. The minimum Gasteiger partial charge on any atom is -0.508 e. The van der Waals surface area contributed by atoms with Crippen molar-refractivity contribution in [2.45, 2.75) is 12.8 Å². The van der Waals surface area contributed by atoms with Gasteiger partial charge < -0.3 is 19.9 Å². The molecule has 0 aromatic heterocycles. The van der Waals surface area contributed by atoms with E-state index in [0.717, 1.165) is 11.3 Å². The van der Waals surface area contributed by atoms with Crippen LogP contribution in [0.1, 0.15) is 12.0 Å². The Labute approximate surface area is 135 Å². The second-order valence-electron chi connectivity index (χ2n) is 5.04. The number of hydrogen-bond acceptors (Lipinski definition) is 4. The van der Waals surface area contributed by atoms with Gasteiger partial charge in [-0.3, -0.25) is 4.79 Å². The van der Waals surface area contributed by atoms with E-state index in [1.807, 2.05) is 12.1 Å². The van der Waals surface area contributed by atoms with Crippen LogP contribution in [0.5, 0.6) is 11.5 Å². The van der Waals surface area contributed by atoms with Crippen LogP contribution in [-0.2, 0) is 16.0 Å². The summed E-state index contributed by atoms with van der Waals surface area (Å²) in [5, 5.41) is 12.5. The number of aryl methyl sites for hydroxylation is 1. The van der Waals surface area contributed by atoms with E-state index >= 15 is 0 Å². The van der Waals surface area contributed by atoms with Crippen LogP contribution in [-0.4, -0.2) is 31.3 Å². The van der Waals surface area contributed by atoms with Gasteiger partial charge >= 0.3 is 0 Å². The molecule has 0 radical (unpaired) electrons. The monoisotopic (exact) mass is 315 g/mol. The largest absolute Gasteiger partial charge is 0.508 e. The molecule has 0 saturated carbocycles. The molecule has 1 amide bonds. The van der Waals surface area contributed by atoms with E-state index < -0.39 is 0 Å². The molecule has 2 aromatic carbocycles. The summed E-state index contributed by atoms with van der Waals surface area (Å²) < 4.78 is 10.4. The van der Waals surface area contributed by atoms with Crippen LogP contribution in [0.2, 0.25) is 0 Å². The highest BCUT2D eigenvalue weighted by Gasteiger charge is 2.06. The third-order valence-electron chi connectivity index (χ3n) is 3.31. The molecule has 0 spiro atoms. The van der Waals surface area contributed by atoms with Gasteiger partial charge in [-0.2, -0.15) is 0 Å². The van der Waals surface area contributed by atoms with Crippen molar-refractivity contribution in [3.05, 3.63) is 54.1 Å². The zero-order valence-electron chi connectivity index (χ0n) is 13.1. The molecular weight excluding hydrogens is 294 g/mol. The van der Waals surface area contributed by atoms with Crippen molar-refractivity contribution in [1.82, 2.24) is 0 Å². The summed E-state index contributed by atoms with van der Waals surface area (Å²) in [6.45, 7) is 1.02. The molecule has 0 heterocycles. The number of anilines is 1. The number of benzene rings is 2. The van der Waals surface area contributed by atoms with Crippen molar-refractivity contribution in [2.75, 3.05) is 25.6 Å². The number of para-hydroxylation sites is 1. The molecule has 0 aliphatic rings. The predicted octanol–water partition coefficient (Wildman–Crippen LogP) is 2.99. The maximum atomic E-state index is 12.0. The first-order valence-electron chi connectivity index (χ1n) is 7.47. The van der Waals surface area contributed by atoms with Crippen LogP contribution in [0.3, 0.4) is 0 Å². The Morgan fingerprint density at radius 2 is 1.83 bits per heavy atom. The van der Waals surface area contributed by atoms with E-state index in [1.165, 1.54) is 0 Å². The van der Waals surface area contributed by atoms with Gasteiger partial charge in [0.25, 0.3) is 0 Å². The number of phenolic OH excluding ortho intramolecular Hbond substituents is 1. The molecule has 5 heteroatoms. The normalized spacial score (nSPS) is 10.3. The van der Waals surface area contributed by atoms with Crippen LogP contribution in [0.25, 0.3) is 0 Å². The highest BCUT2D eigenvalue weighted by atomic mass is 16.5. The second-order valence-corrected chi connectivity index (χ2v) is 5.04. The smallest absolute Gasteiger partial charge is 0.224 e. The van der Waals surface area contributed by atoms with E-state index in [4.69, 9.17) is 9.47 Å². The fraction of sp³-hybridized carbons (Fsp3) is 0.278. The van der Waals surface area contributed by atoms with E-state index in [0.29, 0.717) is 31.7 Å². The number of amides is 1. The number of phenols is 1. The third-order valence-corrected chi connectivity index (χ3v) is 3.31. The average Bonchev–Trinajstić information content (AvgIpc) is 2.56. The molecule has 23 heavy (non-hydrogen) atoms. The summed E-state index contributed by atoms with van der Waals surface area (Å²) in [5.74, 6) is 0.855. The van der Waals surface area contributed by atoms with Crippen molar-refractivity contribution < 1.29 is 19.4 Å². The molecule has 0 fully saturated rings. The first kappa shape index (κ1) is 16.8. The molecule has 5 nitrogen and oxygen atoms in total. The lowest BCUT2D eigenvalue weighted by molar-refractivity contribution is -0.116. The number of carbonyl (C=O) groups excluding carboxylic acids is 1. The standard InChI is InChI=1S/C18H21NO4/c1-22-12-13-23-16-9-7-15(8-10-16)19-18(21)11-6-14-4-2-3-5-17(14)20/h2-5,7-10,20H,6,11-13H2,1H3,(H,19,21). The van der Waals surface area contributed by atoms with Gasteiger partial charge in [0.15, 0.2) is 0 Å². The molecule has 0 aliphatic heterocycles. The van der Waals surface area contributed by atoms with Crippen molar-refractivity contribution >= 4 is 11.6 Å². The maximum absolute atomic E-state index is 12.0. The van der Waals surface area contributed by atoms with Crippen molar-refractivity contribution in [2.24, 2.45) is 0 Å². The Kier molecular flexibility index (Phi) is 6.44. The molecule has 0 bridgehead atoms. The third kappa shape index (κ3) is 5.64. The van der Waals surface area contributed by atoms with Gasteiger partial charge in [-0.25, -0.2) is 0 Å². The summed E-state index contributed by atoms with van der Waals surface area (Å²) >= 11 is 0. The Balaban J connectivity index is 1.80. The van der Waals surface area contributed by atoms with E-state index in [9.17, 15) is 9.90 Å². The second kappa shape index (κ2) is 8.80. The van der Waals surface area contributed by atoms with Crippen molar-refractivity contribution in [3.8, 4) is 11.5 Å². The van der Waals surface area contributed by atoms with Gasteiger partial charge in [-0.15, -0.1) is 0 Å². The number of nitrogens with one attached hydrogen (secondary N) is 1. The quantitative estimate of drug-likeness (QED) is 0.735. The van der Waals surface area contributed by atoms with Gasteiger partial charge in [0.1, 0.15) is 18.1 Å². The van der Waals surface area contributed by atoms with Crippen LogP contribution >= 0.6 is 0 Å². The molecule has 2 N–H and O–H groups in total. The zero-order valence-corrected chi connectivity index (χ0v) is 13.1. The lowest BCUT2D eigenvalue weighted by atomic mass is 10.1. The van der Waals surface area contributed by atoms with E-state index in [2.05, 4.69) is 5.32 Å². The number of aromatic hydroxyl groups is 1. The minimum atomic E-state index is -0.0960. The Hall–Kier alpha value is -2.53. The van der Waals surface area contributed by atoms with E-state index in [1.54, 1.807) is 43.5 Å². The molecule has 0 saturated heterocycles. The lowest BCUT2D eigenvalue weighted by Gasteiger charge is -2.08. The van der Waals surface area contributed by atoms with Gasteiger partial charge in [-0.1, -0.05) is 18.2 Å². The van der Waals surface area contributed by atoms with Crippen LogP contribution in [0.4, 0.5) is 5.69 Å². The number of methoxy groups -OCH3 is 1. The average molecular weight is 315 g/mol. The SMILES string of the molecule is COCCOc1ccc(NC(=O)CCc2ccccc2O)cc1. The zero-order chi connectivity index (χ0) is 16.5. The first-order valence-corrected chi connectivity index (χ1v) is 7.47. The van der Waals surface area contributed by atoms with Crippen LogP contribution in [0, 0.1) is 0 Å². The Morgan fingerprint density at radius 3 is 2.52 bits per heavy atom. The van der Waals surface area contributed by atoms with Gasteiger partial charge in [-0.05, 0) is 42.3 Å². The molecular formula is C18H21NO4. The van der Waals surface area contributed by atoms with Crippen LogP contribution in [0.15, 0.2) is 48.5 Å². The molecule has 0 aliphatic carbocycles. The molecule has 0 unspecified atom stereocenters. The summed E-state index contributed by atoms with van der Waals surface area (Å²) in [7, 11) is 1.62. The number of hydrogen-bond donors (Lipinski definition) is 2. The molecule has 2 aromatic rings. The Bertz CT molecular complexity index is 625. The summed E-state index contributed by atoms with van der Waals surface area (Å²) in [4.78, 5) is 12.0. The topological polar surface area (TPSA) is 67.8 Å². The van der Waals surface area contributed by atoms with Gasteiger partial charge in [0, 0.05) is 19.2 Å². The number of rotatable bonds is 8. The summed E-state index contributed by atoms with van der Waals surface area (Å²) in [6.07, 6.45) is 0.806. The van der Waals surface area contributed by atoms with E-state index in [-0.39, 0.29) is 11.7 Å². The molecule has 2 rings (SSSR count). The van der Waals surface area contributed by atoms with Gasteiger partial charge in [0.05, 0.1) is 6.61 Å². The molecule has 122 valence electrons. The highest BCUT2D eigenvalue weighted by molar-refractivity contribution is 5.90. The van der Waals surface area contributed by atoms with Crippen LogP contribution < -0.4 is 10.1 Å². The van der Waals surface area contributed by atoms with Crippen molar-refractivity contribution in [3.63, 3.8) is 0 Å². The van der Waals surface area contributed by atoms with Gasteiger partial charge in [0.2, 0.25) is 5.91 Å². The lowest BCUT2D eigenvalue weighted by Crippen LogP contribution is -2.12. The fourth-order valence-corrected chi connectivity index (χ4v) is 2.07. The highest BCUT2D eigenvalue weighted by Crippen LogP contribution is 2.18. The fourth-order valence-electron chi connectivity index (χ4n) is 2.07. The maximum Gasteiger partial charge on any atom is 0.224 e. The Morgan fingerprint density at radius 1 is 1.09 bits per heavy atom. The minimum absolute atomic E-state index is 0.0960. The first-order chi connectivity index (χ1) is 11.2. The summed E-state index contributed by atoms with van der Waals surface area (Å²) in [5.41, 5.74) is 1.48.